The highest BCUT2D eigenvalue weighted by atomic mass is 16.3. The molecule has 1 heteroatoms. The minimum atomic E-state index is 0.413. The Labute approximate surface area is 93.3 Å². The molecule has 4 aliphatic carbocycles. The van der Waals surface area contributed by atoms with Gasteiger partial charge in [0.25, 0.3) is 0 Å². The smallest absolute Gasteiger partial charge is 0.0436 e. The Kier molecular flexibility index (Phi) is 2.35. The van der Waals surface area contributed by atoms with E-state index in [9.17, 15) is 5.11 Å². The second-order valence-corrected chi connectivity index (χ2v) is 6.36. The zero-order valence-corrected chi connectivity index (χ0v) is 9.91. The number of hydrogen-bond donors (Lipinski definition) is 1. The fraction of sp³-hybridized carbons (Fsp3) is 1.00. The van der Waals surface area contributed by atoms with Gasteiger partial charge in [0.1, 0.15) is 0 Å². The summed E-state index contributed by atoms with van der Waals surface area (Å²) in [6, 6.07) is 0. The molecule has 0 spiro atoms. The molecule has 4 aliphatic rings. The van der Waals surface area contributed by atoms with Gasteiger partial charge < -0.3 is 5.11 Å². The molecule has 1 nitrogen and oxygen atoms in total. The molecule has 0 heterocycles. The molecule has 0 aromatic carbocycles. The second-order valence-electron chi connectivity index (χ2n) is 6.36. The maximum absolute atomic E-state index is 9.35. The second kappa shape index (κ2) is 3.48. The number of aliphatic hydroxyl groups excluding tert-OH is 1. The summed E-state index contributed by atoms with van der Waals surface area (Å²) in [6.07, 6.45) is 9.87. The monoisotopic (exact) mass is 208 g/mol. The van der Waals surface area contributed by atoms with Crippen LogP contribution < -0.4 is 0 Å². The summed E-state index contributed by atoms with van der Waals surface area (Å²) >= 11 is 0. The lowest BCUT2D eigenvalue weighted by molar-refractivity contribution is -0.120. The van der Waals surface area contributed by atoms with Crippen molar-refractivity contribution >= 4 is 0 Å². The van der Waals surface area contributed by atoms with Gasteiger partial charge >= 0.3 is 0 Å². The van der Waals surface area contributed by atoms with Crippen LogP contribution in [0.5, 0.6) is 0 Å². The van der Waals surface area contributed by atoms with Crippen LogP contribution >= 0.6 is 0 Å². The molecule has 0 unspecified atom stereocenters. The van der Waals surface area contributed by atoms with Crippen LogP contribution in [0.1, 0.15) is 51.9 Å². The molecule has 0 atom stereocenters. The van der Waals surface area contributed by atoms with Crippen LogP contribution in [0.2, 0.25) is 0 Å². The first kappa shape index (κ1) is 10.1. The van der Waals surface area contributed by atoms with Gasteiger partial charge in [0.05, 0.1) is 0 Å². The van der Waals surface area contributed by atoms with Crippen LogP contribution in [-0.4, -0.2) is 11.7 Å². The summed E-state index contributed by atoms with van der Waals surface area (Å²) in [6.45, 7) is 2.77. The van der Waals surface area contributed by atoms with E-state index in [1.165, 1.54) is 38.5 Å². The van der Waals surface area contributed by atoms with E-state index < -0.39 is 0 Å². The molecule has 4 fully saturated rings. The van der Waals surface area contributed by atoms with Crippen molar-refractivity contribution in [2.75, 3.05) is 6.61 Å². The molecule has 86 valence electrons. The van der Waals surface area contributed by atoms with E-state index in [1.807, 2.05) is 0 Å². The zero-order valence-electron chi connectivity index (χ0n) is 9.91. The van der Waals surface area contributed by atoms with Crippen molar-refractivity contribution in [3.63, 3.8) is 0 Å². The van der Waals surface area contributed by atoms with Crippen LogP contribution in [0.25, 0.3) is 0 Å². The van der Waals surface area contributed by atoms with Crippen LogP contribution in [0, 0.1) is 29.1 Å². The normalized spacial score (nSPS) is 52.4. The fourth-order valence-electron chi connectivity index (χ4n) is 5.49. The van der Waals surface area contributed by atoms with Crippen molar-refractivity contribution in [2.45, 2.75) is 51.9 Å². The summed E-state index contributed by atoms with van der Waals surface area (Å²) in [7, 11) is 0. The van der Waals surface area contributed by atoms with Gasteiger partial charge in [-0.2, -0.15) is 0 Å². The van der Waals surface area contributed by atoms with Crippen LogP contribution in [-0.2, 0) is 0 Å². The highest BCUT2D eigenvalue weighted by Crippen LogP contribution is 2.64. The summed E-state index contributed by atoms with van der Waals surface area (Å²) in [5, 5.41) is 9.35. The average molecular weight is 208 g/mol. The molecule has 1 N–H and O–H groups in total. The standard InChI is InChI=1S/C14H24O/c1-2-14(3-4-15)12-6-10-5-11(8-12)9-13(14)7-10/h10-13,15H,2-9H2,1H3. The molecule has 0 saturated heterocycles. The molecular weight excluding hydrogens is 184 g/mol. The van der Waals surface area contributed by atoms with E-state index in [4.69, 9.17) is 0 Å². The van der Waals surface area contributed by atoms with Gasteiger partial charge in [-0.1, -0.05) is 6.92 Å². The van der Waals surface area contributed by atoms with Crippen molar-refractivity contribution in [1.82, 2.24) is 0 Å². The molecule has 4 saturated carbocycles. The van der Waals surface area contributed by atoms with E-state index in [2.05, 4.69) is 6.92 Å². The van der Waals surface area contributed by atoms with Crippen LogP contribution in [0.4, 0.5) is 0 Å². The molecular formula is C14H24O. The quantitative estimate of drug-likeness (QED) is 0.755. The van der Waals surface area contributed by atoms with Crippen LogP contribution in [0.3, 0.4) is 0 Å². The predicted molar refractivity (Wildman–Crippen MR) is 61.5 cm³/mol. The summed E-state index contributed by atoms with van der Waals surface area (Å²) < 4.78 is 0. The Morgan fingerprint density at radius 3 is 1.93 bits per heavy atom. The first-order chi connectivity index (χ1) is 7.28. The number of aliphatic hydroxyl groups is 1. The first-order valence-electron chi connectivity index (χ1n) is 6.89. The highest BCUT2D eigenvalue weighted by molar-refractivity contribution is 5.05. The van der Waals surface area contributed by atoms with Gasteiger partial charge in [0.2, 0.25) is 0 Å². The molecule has 0 amide bonds. The Balaban J connectivity index is 1.89. The van der Waals surface area contributed by atoms with Gasteiger partial charge in [0, 0.05) is 6.61 Å². The summed E-state index contributed by atoms with van der Waals surface area (Å²) in [5.41, 5.74) is 0.544. The number of hydrogen-bond acceptors (Lipinski definition) is 1. The molecule has 0 aromatic rings. The molecule has 0 radical (unpaired) electrons. The Bertz CT molecular complexity index is 218. The van der Waals surface area contributed by atoms with E-state index in [0.717, 1.165) is 30.1 Å². The van der Waals surface area contributed by atoms with Crippen molar-refractivity contribution in [1.29, 1.82) is 0 Å². The maximum atomic E-state index is 9.35. The summed E-state index contributed by atoms with van der Waals surface area (Å²) in [5.74, 6) is 4.05. The van der Waals surface area contributed by atoms with Gasteiger partial charge in [-0.25, -0.2) is 0 Å². The van der Waals surface area contributed by atoms with Gasteiger partial charge in [-0.3, -0.25) is 0 Å². The first-order valence-corrected chi connectivity index (χ1v) is 6.89. The molecule has 4 rings (SSSR count). The van der Waals surface area contributed by atoms with Gasteiger partial charge in [0.15, 0.2) is 0 Å². The van der Waals surface area contributed by atoms with E-state index in [-0.39, 0.29) is 0 Å². The maximum Gasteiger partial charge on any atom is 0.0436 e. The Morgan fingerprint density at radius 1 is 1.00 bits per heavy atom. The molecule has 4 bridgehead atoms. The van der Waals surface area contributed by atoms with Crippen LogP contribution in [0.15, 0.2) is 0 Å². The van der Waals surface area contributed by atoms with Crippen molar-refractivity contribution < 1.29 is 5.11 Å². The van der Waals surface area contributed by atoms with Gasteiger partial charge in [-0.15, -0.1) is 0 Å². The lowest BCUT2D eigenvalue weighted by Gasteiger charge is -2.61. The van der Waals surface area contributed by atoms with Gasteiger partial charge in [-0.05, 0) is 74.0 Å². The highest BCUT2D eigenvalue weighted by Gasteiger charge is 2.55. The summed E-state index contributed by atoms with van der Waals surface area (Å²) in [4.78, 5) is 0. The minimum absolute atomic E-state index is 0.413. The third-order valence-electron chi connectivity index (χ3n) is 6.00. The largest absolute Gasteiger partial charge is 0.396 e. The lowest BCUT2D eigenvalue weighted by atomic mass is 9.44. The third kappa shape index (κ3) is 1.32. The van der Waals surface area contributed by atoms with Crippen molar-refractivity contribution in [3.8, 4) is 0 Å². The van der Waals surface area contributed by atoms with Crippen molar-refractivity contribution in [3.05, 3.63) is 0 Å². The Hall–Kier alpha value is -0.0400. The number of rotatable bonds is 3. The zero-order chi connectivity index (χ0) is 10.5. The molecule has 15 heavy (non-hydrogen) atoms. The SMILES string of the molecule is CCC1(CCO)C2CC3CC(C2)CC1C3. The topological polar surface area (TPSA) is 20.2 Å². The predicted octanol–water partition coefficient (Wildman–Crippen LogP) is 3.22. The van der Waals surface area contributed by atoms with E-state index in [1.54, 1.807) is 0 Å². The fourth-order valence-corrected chi connectivity index (χ4v) is 5.49. The van der Waals surface area contributed by atoms with E-state index >= 15 is 0 Å². The molecule has 0 aromatic heterocycles. The third-order valence-corrected chi connectivity index (χ3v) is 6.00. The average Bonchev–Trinajstić information content (AvgIpc) is 2.23. The molecule has 0 aliphatic heterocycles. The Morgan fingerprint density at radius 2 is 1.53 bits per heavy atom. The minimum Gasteiger partial charge on any atom is -0.396 e. The lowest BCUT2D eigenvalue weighted by Crippen LogP contribution is -2.52. The van der Waals surface area contributed by atoms with E-state index in [0.29, 0.717) is 12.0 Å². The van der Waals surface area contributed by atoms with Crippen molar-refractivity contribution in [2.24, 2.45) is 29.1 Å².